The molecule has 0 unspecified atom stereocenters. The number of ether oxygens (including phenoxy) is 1. The van der Waals surface area contributed by atoms with Crippen LogP contribution in [-0.4, -0.2) is 52.6 Å². The predicted octanol–water partition coefficient (Wildman–Crippen LogP) is 1.29. The van der Waals surface area contributed by atoms with Crippen molar-refractivity contribution in [1.82, 2.24) is 19.9 Å². The molecule has 11 heteroatoms. The molecule has 0 spiro atoms. The van der Waals surface area contributed by atoms with Crippen LogP contribution in [0.3, 0.4) is 0 Å². The van der Waals surface area contributed by atoms with Gasteiger partial charge in [-0.25, -0.2) is 14.4 Å². The Labute approximate surface area is 193 Å². The van der Waals surface area contributed by atoms with Crippen molar-refractivity contribution in [1.29, 1.82) is 0 Å². The zero-order valence-electron chi connectivity index (χ0n) is 18.3. The van der Waals surface area contributed by atoms with E-state index in [0.717, 1.165) is 0 Å². The molecule has 1 saturated heterocycles. The van der Waals surface area contributed by atoms with Crippen LogP contribution in [-0.2, 0) is 16.1 Å². The van der Waals surface area contributed by atoms with Crippen LogP contribution >= 0.6 is 0 Å². The maximum Gasteiger partial charge on any atom is 0.269 e. The Kier molecular flexibility index (Phi) is 5.93. The SMILES string of the molecule is O=C1COc2ccc(N3C[C@@H](CNCCCn4c(=O)cnc5cc(F)ccc54)CC3=O)nc2N1. The first-order chi connectivity index (χ1) is 16.5. The lowest BCUT2D eigenvalue weighted by Gasteiger charge is -2.21. The molecule has 0 saturated carbocycles. The Bertz CT molecular complexity index is 1330. The van der Waals surface area contributed by atoms with Crippen LogP contribution < -0.4 is 25.8 Å². The smallest absolute Gasteiger partial charge is 0.269 e. The van der Waals surface area contributed by atoms with E-state index in [1.165, 1.54) is 18.3 Å². The molecular formula is C23H23FN6O4. The Morgan fingerprint density at radius 2 is 2.09 bits per heavy atom. The van der Waals surface area contributed by atoms with Crippen LogP contribution in [0.1, 0.15) is 12.8 Å². The molecular weight excluding hydrogens is 443 g/mol. The van der Waals surface area contributed by atoms with Crippen molar-refractivity contribution in [2.45, 2.75) is 19.4 Å². The highest BCUT2D eigenvalue weighted by atomic mass is 19.1. The van der Waals surface area contributed by atoms with Crippen LogP contribution in [0.2, 0.25) is 0 Å². The van der Waals surface area contributed by atoms with Gasteiger partial charge in [-0.3, -0.25) is 19.3 Å². The molecule has 10 nitrogen and oxygen atoms in total. The van der Waals surface area contributed by atoms with E-state index in [0.29, 0.717) is 67.4 Å². The minimum Gasteiger partial charge on any atom is -0.480 e. The molecule has 2 aliphatic heterocycles. The zero-order valence-corrected chi connectivity index (χ0v) is 18.3. The summed E-state index contributed by atoms with van der Waals surface area (Å²) in [6.07, 6.45) is 2.29. The number of carbonyl (C=O) groups is 2. The molecule has 5 rings (SSSR count). The second-order valence-electron chi connectivity index (χ2n) is 8.37. The van der Waals surface area contributed by atoms with Gasteiger partial charge >= 0.3 is 0 Å². The van der Waals surface area contributed by atoms with E-state index in [-0.39, 0.29) is 29.9 Å². The topological polar surface area (TPSA) is 118 Å². The Morgan fingerprint density at radius 1 is 1.21 bits per heavy atom. The van der Waals surface area contributed by atoms with Gasteiger partial charge in [0, 0.05) is 32.1 Å². The third-order valence-corrected chi connectivity index (χ3v) is 5.92. The number of pyridine rings is 1. The van der Waals surface area contributed by atoms with Gasteiger partial charge in [0.1, 0.15) is 11.6 Å². The molecule has 34 heavy (non-hydrogen) atoms. The minimum atomic E-state index is -0.393. The number of fused-ring (bicyclic) bond motifs is 2. The highest BCUT2D eigenvalue weighted by Gasteiger charge is 2.32. The lowest BCUT2D eigenvalue weighted by atomic mass is 10.1. The second-order valence-corrected chi connectivity index (χ2v) is 8.37. The van der Waals surface area contributed by atoms with Crippen LogP contribution in [0.15, 0.2) is 41.3 Å². The first kappa shape index (κ1) is 22.0. The van der Waals surface area contributed by atoms with Gasteiger partial charge in [-0.1, -0.05) is 0 Å². The summed E-state index contributed by atoms with van der Waals surface area (Å²) in [5.74, 6) is 0.714. The van der Waals surface area contributed by atoms with Gasteiger partial charge in [-0.05, 0) is 43.1 Å². The predicted molar refractivity (Wildman–Crippen MR) is 122 cm³/mol. The lowest BCUT2D eigenvalue weighted by Crippen LogP contribution is -2.30. The minimum absolute atomic E-state index is 0.0238. The van der Waals surface area contributed by atoms with Crippen LogP contribution in [0.25, 0.3) is 11.0 Å². The van der Waals surface area contributed by atoms with Crippen molar-refractivity contribution in [3.8, 4) is 5.75 Å². The number of aromatic nitrogens is 3. The lowest BCUT2D eigenvalue weighted by molar-refractivity contribution is -0.118. The summed E-state index contributed by atoms with van der Waals surface area (Å²) in [7, 11) is 0. The van der Waals surface area contributed by atoms with E-state index in [9.17, 15) is 18.8 Å². The summed E-state index contributed by atoms with van der Waals surface area (Å²) in [6.45, 7) is 2.24. The van der Waals surface area contributed by atoms with Gasteiger partial charge in [0.2, 0.25) is 5.91 Å². The maximum atomic E-state index is 13.4. The summed E-state index contributed by atoms with van der Waals surface area (Å²) < 4.78 is 20.3. The summed E-state index contributed by atoms with van der Waals surface area (Å²) >= 11 is 0. The van der Waals surface area contributed by atoms with Crippen LogP contribution in [0, 0.1) is 11.7 Å². The van der Waals surface area contributed by atoms with Crippen LogP contribution in [0.4, 0.5) is 16.0 Å². The van der Waals surface area contributed by atoms with Gasteiger partial charge in [0.25, 0.3) is 11.5 Å². The van der Waals surface area contributed by atoms with Gasteiger partial charge in [-0.15, -0.1) is 0 Å². The number of rotatable bonds is 7. The summed E-state index contributed by atoms with van der Waals surface area (Å²) in [6, 6.07) is 7.61. The fraction of sp³-hybridized carbons (Fsp3) is 0.348. The fourth-order valence-electron chi connectivity index (χ4n) is 4.28. The monoisotopic (exact) mass is 466 g/mol. The number of hydrogen-bond donors (Lipinski definition) is 2. The molecule has 2 aliphatic rings. The molecule has 0 bridgehead atoms. The van der Waals surface area contributed by atoms with Crippen molar-refractivity contribution in [3.05, 3.63) is 52.7 Å². The summed E-state index contributed by atoms with van der Waals surface area (Å²) in [5, 5.41) is 6.01. The Morgan fingerprint density at radius 3 is 2.97 bits per heavy atom. The first-order valence-corrected chi connectivity index (χ1v) is 11.1. The standard InChI is InChI=1S/C23H23FN6O4/c24-15-2-3-17-16(9-15)26-11-22(33)29(17)7-1-6-25-10-14-8-21(32)30(12-14)19-5-4-18-23(27-19)28-20(31)13-34-18/h2-5,9,11,14,25H,1,6-8,10,12-13H2,(H,27,28,31)/t14-/m1/s1. The molecule has 2 aromatic heterocycles. The Balaban J connectivity index is 1.14. The number of benzene rings is 1. The number of nitrogens with one attached hydrogen (secondary N) is 2. The number of halogens is 1. The van der Waals surface area contributed by atoms with E-state index in [1.807, 2.05) is 0 Å². The third-order valence-electron chi connectivity index (χ3n) is 5.92. The van der Waals surface area contributed by atoms with Crippen molar-refractivity contribution in [2.24, 2.45) is 5.92 Å². The molecule has 4 heterocycles. The largest absolute Gasteiger partial charge is 0.480 e. The highest BCUT2D eigenvalue weighted by molar-refractivity contribution is 5.97. The molecule has 0 aliphatic carbocycles. The average molecular weight is 466 g/mol. The maximum absolute atomic E-state index is 13.4. The van der Waals surface area contributed by atoms with Crippen molar-refractivity contribution in [2.75, 3.05) is 36.5 Å². The van der Waals surface area contributed by atoms with Gasteiger partial charge in [0.05, 0.1) is 17.2 Å². The number of hydrogen-bond acceptors (Lipinski definition) is 7. The van der Waals surface area contributed by atoms with Crippen molar-refractivity contribution in [3.63, 3.8) is 0 Å². The summed E-state index contributed by atoms with van der Waals surface area (Å²) in [5.41, 5.74) is 0.819. The molecule has 1 aromatic carbocycles. The van der Waals surface area contributed by atoms with E-state index in [4.69, 9.17) is 4.74 Å². The number of amides is 2. The normalized spacial score (nSPS) is 17.6. The van der Waals surface area contributed by atoms with Crippen LogP contribution in [0.5, 0.6) is 5.75 Å². The molecule has 1 fully saturated rings. The number of carbonyl (C=O) groups excluding carboxylic acids is 2. The second kappa shape index (κ2) is 9.18. The molecule has 2 amide bonds. The van der Waals surface area contributed by atoms with Crippen molar-refractivity contribution < 1.29 is 18.7 Å². The van der Waals surface area contributed by atoms with Gasteiger partial charge in [-0.2, -0.15) is 0 Å². The number of aryl methyl sites for hydroxylation is 1. The molecule has 1 atom stereocenters. The fourth-order valence-corrected chi connectivity index (χ4v) is 4.28. The first-order valence-electron chi connectivity index (χ1n) is 11.1. The van der Waals surface area contributed by atoms with Gasteiger partial charge < -0.3 is 19.9 Å². The quantitative estimate of drug-likeness (QED) is 0.504. The van der Waals surface area contributed by atoms with E-state index in [2.05, 4.69) is 20.6 Å². The van der Waals surface area contributed by atoms with E-state index in [1.54, 1.807) is 27.7 Å². The van der Waals surface area contributed by atoms with E-state index >= 15 is 0 Å². The summed E-state index contributed by atoms with van der Waals surface area (Å²) in [4.78, 5) is 46.3. The number of nitrogens with zero attached hydrogens (tertiary/aromatic N) is 4. The third kappa shape index (κ3) is 4.46. The van der Waals surface area contributed by atoms with E-state index < -0.39 is 5.82 Å². The molecule has 3 aromatic rings. The van der Waals surface area contributed by atoms with Gasteiger partial charge in [0.15, 0.2) is 18.2 Å². The van der Waals surface area contributed by atoms with Crippen molar-refractivity contribution >= 4 is 34.5 Å². The molecule has 2 N–H and O–H groups in total. The highest BCUT2D eigenvalue weighted by Crippen LogP contribution is 2.30. The zero-order chi connectivity index (χ0) is 23.7. The number of anilines is 2. The molecule has 176 valence electrons. The Hall–Kier alpha value is -3.86. The molecule has 0 radical (unpaired) electrons. The average Bonchev–Trinajstić information content (AvgIpc) is 3.19.